The zero-order chi connectivity index (χ0) is 30.4. The van der Waals surface area contributed by atoms with E-state index in [0.29, 0.717) is 31.9 Å². The largest absolute Gasteiger partial charge is 0.352 e. The van der Waals surface area contributed by atoms with Gasteiger partial charge in [-0.25, -0.2) is 8.42 Å². The van der Waals surface area contributed by atoms with Crippen LogP contribution in [0.5, 0.6) is 0 Å². The molecule has 1 aliphatic carbocycles. The lowest BCUT2D eigenvalue weighted by Crippen LogP contribution is -2.54. The fraction of sp³-hybridized carbons (Fsp3) is 0.355. The number of nitrogens with one attached hydrogen (secondary N) is 1. The molecular formula is C31H34Cl3N3O4S. The zero-order valence-corrected chi connectivity index (χ0v) is 26.6. The Hall–Kier alpha value is -2.78. The van der Waals surface area contributed by atoms with Crippen molar-refractivity contribution in [1.29, 1.82) is 0 Å². The quantitative estimate of drug-likeness (QED) is 0.260. The molecule has 0 bridgehead atoms. The molecule has 1 aliphatic rings. The number of halogens is 3. The second kappa shape index (κ2) is 14.1. The number of hydrogen-bond donors (Lipinski definition) is 1. The second-order valence-electron chi connectivity index (χ2n) is 10.7. The normalized spacial score (nSPS) is 14.4. The van der Waals surface area contributed by atoms with Gasteiger partial charge >= 0.3 is 0 Å². The lowest BCUT2D eigenvalue weighted by atomic mass is 10.0. The van der Waals surface area contributed by atoms with Crippen molar-refractivity contribution in [2.24, 2.45) is 0 Å². The number of nitrogens with zero attached hydrogens (tertiary/aromatic N) is 2. The molecule has 2 amide bonds. The maximum absolute atomic E-state index is 14.2. The molecule has 42 heavy (non-hydrogen) atoms. The third-order valence-electron chi connectivity index (χ3n) is 7.42. The van der Waals surface area contributed by atoms with Crippen LogP contribution in [0.25, 0.3) is 0 Å². The molecule has 11 heteroatoms. The highest BCUT2D eigenvalue weighted by Crippen LogP contribution is 2.28. The van der Waals surface area contributed by atoms with Gasteiger partial charge in [0.25, 0.3) is 0 Å². The van der Waals surface area contributed by atoms with Crippen LogP contribution in [0.15, 0.2) is 66.7 Å². The molecule has 0 heterocycles. The standard InChI is InChI=1S/C31H34Cl3N3O4S/c1-21-16-24(32)13-15-28(21)37(42(2,40)41)20-30(38)36(19-23-12-14-26(33)27(34)17-23)29(18-22-8-4-3-5-9-22)31(39)35-25-10-6-7-11-25/h3-5,8-9,12-17,25,29H,6-7,10-11,18-20H2,1-2H3,(H,35,39)/t29-/m0/s1. The van der Waals surface area contributed by atoms with Crippen LogP contribution in [-0.4, -0.2) is 50.0 Å². The van der Waals surface area contributed by atoms with E-state index in [1.807, 2.05) is 30.3 Å². The summed E-state index contributed by atoms with van der Waals surface area (Å²) in [6.45, 7) is 1.23. The minimum atomic E-state index is -3.89. The number of amides is 2. The van der Waals surface area contributed by atoms with Crippen LogP contribution >= 0.6 is 34.8 Å². The molecule has 1 fully saturated rings. The van der Waals surface area contributed by atoms with E-state index in [9.17, 15) is 18.0 Å². The minimum absolute atomic E-state index is 0.0164. The van der Waals surface area contributed by atoms with Crippen LogP contribution in [0, 0.1) is 6.92 Å². The van der Waals surface area contributed by atoms with Gasteiger partial charge in [0.1, 0.15) is 12.6 Å². The first-order valence-electron chi connectivity index (χ1n) is 13.7. The highest BCUT2D eigenvalue weighted by atomic mass is 35.5. The Morgan fingerprint density at radius 3 is 2.24 bits per heavy atom. The maximum atomic E-state index is 14.2. The van der Waals surface area contributed by atoms with Crippen LogP contribution in [0.2, 0.25) is 15.1 Å². The van der Waals surface area contributed by atoms with Gasteiger partial charge < -0.3 is 10.2 Å². The van der Waals surface area contributed by atoms with E-state index in [0.717, 1.165) is 41.8 Å². The number of rotatable bonds is 11. The van der Waals surface area contributed by atoms with Crippen LogP contribution < -0.4 is 9.62 Å². The monoisotopic (exact) mass is 649 g/mol. The third-order valence-corrected chi connectivity index (χ3v) is 9.52. The molecule has 0 spiro atoms. The van der Waals surface area contributed by atoms with Crippen molar-refractivity contribution in [1.82, 2.24) is 10.2 Å². The Labute approximate surface area is 262 Å². The van der Waals surface area contributed by atoms with Gasteiger partial charge in [-0.3, -0.25) is 13.9 Å². The van der Waals surface area contributed by atoms with Crippen molar-refractivity contribution in [2.75, 3.05) is 17.1 Å². The molecule has 3 aromatic rings. The lowest BCUT2D eigenvalue weighted by Gasteiger charge is -2.34. The van der Waals surface area contributed by atoms with Crippen molar-refractivity contribution in [3.05, 3.63) is 98.5 Å². The molecule has 1 saturated carbocycles. The van der Waals surface area contributed by atoms with Crippen LogP contribution in [0.4, 0.5) is 5.69 Å². The topological polar surface area (TPSA) is 86.8 Å². The van der Waals surface area contributed by atoms with Crippen molar-refractivity contribution in [2.45, 2.75) is 57.7 Å². The number of hydrogen-bond acceptors (Lipinski definition) is 4. The maximum Gasteiger partial charge on any atom is 0.244 e. The van der Waals surface area contributed by atoms with Crippen LogP contribution in [0.3, 0.4) is 0 Å². The van der Waals surface area contributed by atoms with Crippen LogP contribution in [0.1, 0.15) is 42.4 Å². The molecule has 224 valence electrons. The minimum Gasteiger partial charge on any atom is -0.352 e. The Bertz CT molecular complexity index is 1530. The highest BCUT2D eigenvalue weighted by molar-refractivity contribution is 7.92. The molecule has 1 atom stereocenters. The van der Waals surface area contributed by atoms with Crippen molar-refractivity contribution in [3.8, 4) is 0 Å². The van der Waals surface area contributed by atoms with Gasteiger partial charge in [0.2, 0.25) is 21.8 Å². The van der Waals surface area contributed by atoms with Gasteiger partial charge in [-0.05, 0) is 66.8 Å². The number of anilines is 1. The Kier molecular flexibility index (Phi) is 10.8. The summed E-state index contributed by atoms with van der Waals surface area (Å²) in [6, 6.07) is 18.4. The average Bonchev–Trinajstić information content (AvgIpc) is 3.44. The summed E-state index contributed by atoms with van der Waals surface area (Å²) >= 11 is 18.6. The number of carbonyl (C=O) groups is 2. The molecule has 7 nitrogen and oxygen atoms in total. The Morgan fingerprint density at radius 1 is 0.929 bits per heavy atom. The number of sulfonamides is 1. The van der Waals surface area contributed by atoms with Gasteiger partial charge in [-0.15, -0.1) is 0 Å². The van der Waals surface area contributed by atoms with E-state index >= 15 is 0 Å². The van der Waals surface area contributed by atoms with Crippen molar-refractivity contribution < 1.29 is 18.0 Å². The summed E-state index contributed by atoms with van der Waals surface area (Å²) in [5.41, 5.74) is 2.44. The summed E-state index contributed by atoms with van der Waals surface area (Å²) < 4.78 is 27.1. The molecule has 0 aromatic heterocycles. The smallest absolute Gasteiger partial charge is 0.244 e. The molecular weight excluding hydrogens is 617 g/mol. The zero-order valence-electron chi connectivity index (χ0n) is 23.5. The van der Waals surface area contributed by atoms with Crippen molar-refractivity contribution >= 4 is 62.3 Å². The number of carbonyl (C=O) groups excluding carboxylic acids is 2. The molecule has 1 N–H and O–H groups in total. The molecule has 4 rings (SSSR count). The molecule has 3 aromatic carbocycles. The third kappa shape index (κ3) is 8.40. The number of benzene rings is 3. The van der Waals surface area contributed by atoms with Gasteiger partial charge in [0.15, 0.2) is 0 Å². The molecule has 0 unspecified atom stereocenters. The first kappa shape index (κ1) is 32.1. The van der Waals surface area contributed by atoms with Gasteiger partial charge in [-0.1, -0.05) is 84.0 Å². The molecule has 0 saturated heterocycles. The van der Waals surface area contributed by atoms with Gasteiger partial charge in [0.05, 0.1) is 22.0 Å². The van der Waals surface area contributed by atoms with E-state index < -0.39 is 28.5 Å². The fourth-order valence-corrected chi connectivity index (χ4v) is 6.70. The molecule has 0 aliphatic heterocycles. The first-order chi connectivity index (χ1) is 19.9. The second-order valence-corrected chi connectivity index (χ2v) is 13.8. The predicted octanol–water partition coefficient (Wildman–Crippen LogP) is 6.42. The van der Waals surface area contributed by atoms with Crippen molar-refractivity contribution in [3.63, 3.8) is 0 Å². The summed E-state index contributed by atoms with van der Waals surface area (Å²) in [5, 5.41) is 4.26. The average molecular weight is 651 g/mol. The van der Waals surface area contributed by atoms with E-state index in [2.05, 4.69) is 5.32 Å². The fourth-order valence-electron chi connectivity index (χ4n) is 5.25. The summed E-state index contributed by atoms with van der Waals surface area (Å²) in [4.78, 5) is 29.6. The number of aryl methyl sites for hydroxylation is 1. The Balaban J connectivity index is 1.75. The van der Waals surface area contributed by atoms with E-state index in [1.54, 1.807) is 43.3 Å². The summed E-state index contributed by atoms with van der Waals surface area (Å²) in [6.07, 6.45) is 5.11. The first-order valence-corrected chi connectivity index (χ1v) is 16.7. The Morgan fingerprint density at radius 2 is 1.62 bits per heavy atom. The van der Waals surface area contributed by atoms with Crippen LogP contribution in [-0.2, 0) is 32.6 Å². The van der Waals surface area contributed by atoms with E-state index in [4.69, 9.17) is 34.8 Å². The summed E-state index contributed by atoms with van der Waals surface area (Å²) in [7, 11) is -3.89. The predicted molar refractivity (Wildman–Crippen MR) is 170 cm³/mol. The summed E-state index contributed by atoms with van der Waals surface area (Å²) in [5.74, 6) is -0.823. The van der Waals surface area contributed by atoms with Gasteiger partial charge in [-0.2, -0.15) is 0 Å². The SMILES string of the molecule is Cc1cc(Cl)ccc1N(CC(=O)N(Cc1ccc(Cl)c(Cl)c1)[C@@H](Cc1ccccc1)C(=O)NC1CCCC1)S(C)(=O)=O. The van der Waals surface area contributed by atoms with E-state index in [-0.39, 0.29) is 24.9 Å². The van der Waals surface area contributed by atoms with Gasteiger partial charge in [0, 0.05) is 24.0 Å². The molecule has 0 radical (unpaired) electrons. The highest BCUT2D eigenvalue weighted by Gasteiger charge is 2.34. The lowest BCUT2D eigenvalue weighted by molar-refractivity contribution is -0.140. The van der Waals surface area contributed by atoms with E-state index in [1.165, 1.54) is 4.90 Å².